The molecule has 3 unspecified atom stereocenters. The van der Waals surface area contributed by atoms with Crippen LogP contribution in [0.1, 0.15) is 39.0 Å². The van der Waals surface area contributed by atoms with Crippen LogP contribution in [0.5, 0.6) is 0 Å². The summed E-state index contributed by atoms with van der Waals surface area (Å²) in [5, 5.41) is 11.3. The molecule has 4 saturated carbocycles. The van der Waals surface area contributed by atoms with E-state index in [1.165, 1.54) is 13.3 Å². The minimum atomic E-state index is -4.62. The van der Waals surface area contributed by atoms with Gasteiger partial charge in [-0.1, -0.05) is 0 Å². The molecule has 4 fully saturated rings. The molecule has 3 atom stereocenters. The Kier molecular flexibility index (Phi) is 4.14. The number of carbonyl (C=O) groups is 1. The summed E-state index contributed by atoms with van der Waals surface area (Å²) in [7, 11) is 0. The Morgan fingerprint density at radius 3 is 2.50 bits per heavy atom. The lowest BCUT2D eigenvalue weighted by molar-refractivity contribution is -0.159. The molecule has 0 spiro atoms. The van der Waals surface area contributed by atoms with Gasteiger partial charge in [-0.2, -0.15) is 13.2 Å². The number of carbonyl (C=O) groups excluding carboxylic acids is 1. The molecule has 0 aromatic carbocycles. The molecule has 0 amide bonds. The van der Waals surface area contributed by atoms with E-state index in [0.717, 1.165) is 25.7 Å². The predicted octanol–water partition coefficient (Wildman–Crippen LogP) is 3.71. The van der Waals surface area contributed by atoms with Crippen molar-refractivity contribution in [3.63, 3.8) is 0 Å². The van der Waals surface area contributed by atoms with E-state index >= 15 is 0 Å². The fourth-order valence-corrected chi connectivity index (χ4v) is 5.17. The first-order valence-corrected chi connectivity index (χ1v) is 8.36. The van der Waals surface area contributed by atoms with Crippen molar-refractivity contribution in [2.75, 3.05) is 6.61 Å². The summed E-state index contributed by atoms with van der Waals surface area (Å²) in [5.41, 5.74) is -5.04. The van der Waals surface area contributed by atoms with Crippen LogP contribution in [0.4, 0.5) is 13.2 Å². The fraction of sp³-hybridized carbons (Fsp3) is 0.929. The van der Waals surface area contributed by atoms with Crippen LogP contribution < -0.4 is 0 Å². The maximum atomic E-state index is 12.5. The molecule has 0 aromatic rings. The molecule has 4 bridgehead atoms. The van der Waals surface area contributed by atoms with Crippen LogP contribution in [-0.4, -0.2) is 28.6 Å². The minimum Gasteiger partial charge on any atom is -0.775 e. The Hall–Kier alpha value is -0.470. The van der Waals surface area contributed by atoms with Gasteiger partial charge in [-0.05, 0) is 56.8 Å². The molecule has 0 aliphatic heterocycles. The van der Waals surface area contributed by atoms with Gasteiger partial charge in [-0.3, -0.25) is 4.79 Å². The number of nitrogens with zero attached hydrogens (tertiary/aromatic N) is 1. The molecule has 8 heteroatoms. The van der Waals surface area contributed by atoms with Crippen molar-refractivity contribution in [1.29, 1.82) is 0 Å². The summed E-state index contributed by atoms with van der Waals surface area (Å²) >= 11 is -0.740. The molecular weight excluding hydrogens is 319 g/mol. The molecule has 4 nitrogen and oxygen atoms in total. The van der Waals surface area contributed by atoms with Gasteiger partial charge in [0.05, 0.1) is 5.41 Å². The number of alkyl halides is 3. The molecule has 0 aromatic heterocycles. The van der Waals surface area contributed by atoms with E-state index < -0.39 is 28.9 Å². The van der Waals surface area contributed by atoms with E-state index in [2.05, 4.69) is 0 Å². The average Bonchev–Trinajstić information content (AvgIpc) is 2.79. The van der Waals surface area contributed by atoms with E-state index in [4.69, 9.17) is 4.74 Å². The highest BCUT2D eigenvalue weighted by Crippen LogP contribution is 2.65. The third-order valence-corrected chi connectivity index (χ3v) is 6.15. The second-order valence-corrected chi connectivity index (χ2v) is 7.98. The third kappa shape index (κ3) is 2.97. The van der Waals surface area contributed by atoms with Gasteiger partial charge >= 0.3 is 11.5 Å². The zero-order valence-corrected chi connectivity index (χ0v) is 13.1. The smallest absolute Gasteiger partial charge is 0.455 e. The first kappa shape index (κ1) is 16.4. The van der Waals surface area contributed by atoms with E-state index in [1.807, 2.05) is 0 Å². The summed E-state index contributed by atoms with van der Waals surface area (Å²) in [4.78, 5) is 12.5. The lowest BCUT2D eigenvalue weighted by Crippen LogP contribution is -2.37. The Bertz CT molecular complexity index is 445. The third-order valence-electron chi connectivity index (χ3n) is 5.41. The van der Waals surface area contributed by atoms with Crippen LogP contribution in [0.3, 0.4) is 0 Å². The van der Waals surface area contributed by atoms with Gasteiger partial charge in [-0.15, -0.1) is 0 Å². The number of ether oxygens (including phenoxy) is 1. The molecule has 0 radical (unpaired) electrons. The fourth-order valence-electron chi connectivity index (χ4n) is 4.72. The maximum absolute atomic E-state index is 12.5. The predicted molar refractivity (Wildman–Crippen MR) is 75.3 cm³/mol. The molecule has 0 saturated heterocycles. The zero-order valence-electron chi connectivity index (χ0n) is 12.3. The minimum absolute atomic E-state index is 0.150. The quantitative estimate of drug-likeness (QED) is 0.434. The molecular formula is C14H19F3NO3S-. The number of rotatable bonds is 5. The van der Waals surface area contributed by atoms with Gasteiger partial charge < -0.3 is 14.4 Å². The molecule has 4 aliphatic carbocycles. The van der Waals surface area contributed by atoms with Crippen molar-refractivity contribution < 1.29 is 22.7 Å². The number of hydroxylamine groups is 1. The largest absolute Gasteiger partial charge is 0.775 e. The van der Waals surface area contributed by atoms with Gasteiger partial charge in [-0.25, -0.2) is 0 Å². The summed E-state index contributed by atoms with van der Waals surface area (Å²) in [6.45, 7) is 1.03. The topological polar surface area (TPSA) is 52.6 Å². The van der Waals surface area contributed by atoms with Crippen LogP contribution in [0.25, 0.3) is 0 Å². The highest BCUT2D eigenvalue weighted by atomic mass is 32.2. The van der Waals surface area contributed by atoms with Crippen LogP contribution in [0.2, 0.25) is 0 Å². The van der Waals surface area contributed by atoms with E-state index in [-0.39, 0.29) is 17.0 Å². The molecule has 22 heavy (non-hydrogen) atoms. The second kappa shape index (κ2) is 5.56. The highest BCUT2D eigenvalue weighted by Gasteiger charge is 2.62. The molecule has 0 N–H and O–H groups in total. The Morgan fingerprint density at radius 1 is 1.36 bits per heavy atom. The van der Waals surface area contributed by atoms with Crippen molar-refractivity contribution in [2.24, 2.45) is 23.2 Å². The van der Waals surface area contributed by atoms with Crippen molar-refractivity contribution in [3.05, 3.63) is 5.21 Å². The van der Waals surface area contributed by atoms with Gasteiger partial charge in [0.15, 0.2) is 0 Å². The second-order valence-electron chi connectivity index (χ2n) is 6.97. The number of esters is 1. The lowest BCUT2D eigenvalue weighted by atomic mass is 9.75. The Balaban J connectivity index is 1.53. The highest BCUT2D eigenvalue weighted by molar-refractivity contribution is 7.97. The van der Waals surface area contributed by atoms with Crippen molar-refractivity contribution >= 4 is 17.9 Å². The Labute approximate surface area is 131 Å². The first-order valence-electron chi connectivity index (χ1n) is 7.59. The number of hydrogen-bond donors (Lipinski definition) is 0. The monoisotopic (exact) mass is 338 g/mol. The summed E-state index contributed by atoms with van der Waals surface area (Å²) < 4.78 is 41.5. The maximum Gasteiger partial charge on any atom is 0.455 e. The number of halogens is 3. The van der Waals surface area contributed by atoms with Crippen molar-refractivity contribution in [1.82, 2.24) is 4.47 Å². The summed E-state index contributed by atoms with van der Waals surface area (Å²) in [6, 6.07) is -1.03. The molecule has 4 aliphatic rings. The van der Waals surface area contributed by atoms with Gasteiger partial charge in [0.1, 0.15) is 6.61 Å². The van der Waals surface area contributed by atoms with Gasteiger partial charge in [0.25, 0.3) is 0 Å². The normalized spacial score (nSPS) is 37.8. The standard InChI is InChI=1S/C14H19F3NO3S/c1-8(18(20)22-14(15,16)17)7-21-12(19)13-5-9-2-10(6-13)4-11(13)3-9/h8-11H,2-7H2,1H3/q-1. The van der Waals surface area contributed by atoms with Crippen LogP contribution >= 0.6 is 11.9 Å². The van der Waals surface area contributed by atoms with Crippen molar-refractivity contribution in [3.8, 4) is 0 Å². The summed E-state index contributed by atoms with van der Waals surface area (Å²) in [6.07, 6.45) is 5.02. The molecule has 126 valence electrons. The lowest BCUT2D eigenvalue weighted by Gasteiger charge is -2.35. The average molecular weight is 338 g/mol. The van der Waals surface area contributed by atoms with Crippen LogP contribution in [0.15, 0.2) is 0 Å². The van der Waals surface area contributed by atoms with Crippen LogP contribution in [-0.2, 0) is 9.53 Å². The molecule has 0 heterocycles. The first-order chi connectivity index (χ1) is 10.2. The van der Waals surface area contributed by atoms with E-state index in [1.54, 1.807) is 0 Å². The molecule has 4 rings (SSSR count). The van der Waals surface area contributed by atoms with Gasteiger partial charge in [0.2, 0.25) is 0 Å². The van der Waals surface area contributed by atoms with E-state index in [9.17, 15) is 23.2 Å². The van der Waals surface area contributed by atoms with Crippen LogP contribution in [0, 0.1) is 28.4 Å². The SMILES string of the molecule is CC(COC(=O)C12CC3CC(CC1C3)C2)N([O-])SC(F)(F)F. The summed E-state index contributed by atoms with van der Waals surface area (Å²) in [5.74, 6) is 1.25. The number of hydrogen-bond acceptors (Lipinski definition) is 5. The van der Waals surface area contributed by atoms with Crippen molar-refractivity contribution in [2.45, 2.75) is 50.6 Å². The zero-order chi connectivity index (χ0) is 16.1. The van der Waals surface area contributed by atoms with Gasteiger partial charge in [0, 0.05) is 18.0 Å². The van der Waals surface area contributed by atoms with E-state index in [0.29, 0.717) is 17.8 Å². The Morgan fingerprint density at radius 2 is 1.95 bits per heavy atom.